The topological polar surface area (TPSA) is 170 Å². The van der Waals surface area contributed by atoms with Gasteiger partial charge in [-0.15, -0.1) is 4.91 Å². The fraction of sp³-hybridized carbons (Fsp3) is 0.0323. The Morgan fingerprint density at radius 3 is 2.22 bits per heavy atom. The second-order valence-electron chi connectivity index (χ2n) is 8.68. The first-order valence-electron chi connectivity index (χ1n) is 12.7. The van der Waals surface area contributed by atoms with Crippen LogP contribution in [0.15, 0.2) is 90.1 Å². The van der Waals surface area contributed by atoms with Crippen LogP contribution < -0.4 is 26.0 Å². The number of carbonyl (C=O) groups excluding carboxylic acids is 2. The number of para-hydroxylation sites is 3. The summed E-state index contributed by atoms with van der Waals surface area (Å²) in [7, 11) is 1.57. The monoisotopic (exact) mass is 874 g/mol. The number of carbonyl (C=O) groups is 2. The number of hydrogen-bond donors (Lipinski definition) is 4. The zero-order chi connectivity index (χ0) is 30.9. The molecule has 0 saturated heterocycles. The Bertz CT molecular complexity index is 1970. The number of nitroso groups, excluding NO2 is 1. The van der Waals surface area contributed by atoms with Gasteiger partial charge in [0.25, 0.3) is 0 Å². The van der Waals surface area contributed by atoms with E-state index >= 15 is 0 Å². The number of rotatable bonds is 6. The quantitative estimate of drug-likeness (QED) is 0.0962. The number of anilines is 4. The number of amides is 4. The molecule has 46 heavy (non-hydrogen) atoms. The SMILES string of the molecule is COc1cccc2sc(NC(=O)Nc3ccccc3N=O)nc12.N#Cc1ccc(NC(=O)Nc2nc3[c-]cccc3s2)cc1.[CH3-].[U+2]. The van der Waals surface area contributed by atoms with Gasteiger partial charge in [-0.3, -0.25) is 10.6 Å². The van der Waals surface area contributed by atoms with Crippen molar-refractivity contribution in [3.05, 3.63) is 109 Å². The number of aromatic nitrogens is 2. The molecule has 0 fully saturated rings. The van der Waals surface area contributed by atoms with Crippen LogP contribution in [0, 0.1) is 60.8 Å². The summed E-state index contributed by atoms with van der Waals surface area (Å²) < 4.78 is 7.10. The van der Waals surface area contributed by atoms with Gasteiger partial charge in [0, 0.05) is 5.69 Å². The van der Waals surface area contributed by atoms with Crippen molar-refractivity contribution >= 4 is 82.5 Å². The van der Waals surface area contributed by atoms with Crippen LogP contribution in [-0.4, -0.2) is 29.1 Å². The van der Waals surface area contributed by atoms with Gasteiger partial charge in [0.2, 0.25) is 0 Å². The Hall–Kier alpha value is -4.86. The van der Waals surface area contributed by atoms with Crippen molar-refractivity contribution in [1.29, 1.82) is 5.26 Å². The minimum absolute atomic E-state index is 0. The molecule has 6 aromatic rings. The summed E-state index contributed by atoms with van der Waals surface area (Å²) in [5.74, 6) is 0.641. The van der Waals surface area contributed by atoms with Crippen LogP contribution in [0.3, 0.4) is 0 Å². The van der Waals surface area contributed by atoms with E-state index < -0.39 is 6.03 Å². The van der Waals surface area contributed by atoms with Crippen LogP contribution in [0.5, 0.6) is 5.75 Å². The summed E-state index contributed by atoms with van der Waals surface area (Å²) in [5, 5.41) is 23.1. The largest absolute Gasteiger partial charge is 2.00 e. The average molecular weight is 875 g/mol. The number of ether oxygens (including phenoxy) is 1. The van der Waals surface area contributed by atoms with Crippen molar-refractivity contribution in [2.45, 2.75) is 0 Å². The standard InChI is InChI=1S/C15H12N4O3S.C15H9N4OS.CH3.U/c1-22-11-7-4-8-12-13(11)17-15(23-12)18-14(20)16-9-5-2-3-6-10(9)19-21;16-9-10-5-7-11(8-6-10)17-14(20)19-15-18-12-3-1-2-4-13(12)21-15;;/h2-8H,1H3,(H2,16,17,18,20);1-2,4-8H,(H2,17,18,19,20);1H3;/q;2*-1;+2. The number of thiazole rings is 2. The Kier molecular flexibility index (Phi) is 13.2. The van der Waals surface area contributed by atoms with Crippen molar-refractivity contribution in [2.75, 3.05) is 28.4 Å². The number of hydrogen-bond acceptors (Lipinski definition) is 10. The fourth-order valence-corrected chi connectivity index (χ4v) is 5.52. The van der Waals surface area contributed by atoms with E-state index in [-0.39, 0.29) is 50.3 Å². The van der Waals surface area contributed by atoms with E-state index in [1.807, 2.05) is 30.3 Å². The molecule has 0 bridgehead atoms. The molecular formula is C31H24N8O4S2U. The van der Waals surface area contributed by atoms with Crippen LogP contribution in [0.1, 0.15) is 5.56 Å². The third-order valence-electron chi connectivity index (χ3n) is 5.78. The summed E-state index contributed by atoms with van der Waals surface area (Å²) in [6, 6.07) is 28.4. The van der Waals surface area contributed by atoms with Crippen LogP contribution in [-0.2, 0) is 0 Å². The van der Waals surface area contributed by atoms with Gasteiger partial charge in [-0.05, 0) is 59.2 Å². The molecule has 228 valence electrons. The maximum absolute atomic E-state index is 12.1. The Labute approximate surface area is 295 Å². The summed E-state index contributed by atoms with van der Waals surface area (Å²) in [4.78, 5) is 43.3. The zero-order valence-corrected chi connectivity index (χ0v) is 30.1. The first kappa shape index (κ1) is 35.6. The molecule has 12 nitrogen and oxygen atoms in total. The predicted molar refractivity (Wildman–Crippen MR) is 179 cm³/mol. The molecule has 0 spiro atoms. The Morgan fingerprint density at radius 1 is 0.848 bits per heavy atom. The van der Waals surface area contributed by atoms with E-state index in [0.29, 0.717) is 38.5 Å². The molecule has 0 saturated carbocycles. The van der Waals surface area contributed by atoms with Gasteiger partial charge in [0.15, 0.2) is 10.3 Å². The molecule has 0 aliphatic heterocycles. The molecule has 6 rings (SSSR count). The maximum Gasteiger partial charge on any atom is 2.00 e. The number of nitrogens with one attached hydrogen (secondary N) is 4. The average Bonchev–Trinajstić information content (AvgIpc) is 3.64. The van der Waals surface area contributed by atoms with Crippen molar-refractivity contribution in [3.63, 3.8) is 0 Å². The molecule has 0 atom stereocenters. The van der Waals surface area contributed by atoms with E-state index in [0.717, 1.165) is 14.9 Å². The first-order valence-corrected chi connectivity index (χ1v) is 14.4. The molecule has 4 amide bonds. The molecule has 0 radical (unpaired) electrons. The van der Waals surface area contributed by atoms with Gasteiger partial charge >= 0.3 is 43.2 Å². The fourth-order valence-electron chi connectivity index (χ4n) is 3.80. The Balaban J connectivity index is 0.000000241. The minimum Gasteiger partial charge on any atom is -0.494 e. The zero-order valence-electron chi connectivity index (χ0n) is 24.3. The van der Waals surface area contributed by atoms with Crippen molar-refractivity contribution in [2.24, 2.45) is 5.18 Å². The van der Waals surface area contributed by atoms with E-state index in [1.54, 1.807) is 61.7 Å². The predicted octanol–water partition coefficient (Wildman–Crippen LogP) is 8.41. The summed E-state index contributed by atoms with van der Waals surface area (Å²) in [5.41, 5.74) is 3.07. The van der Waals surface area contributed by atoms with Gasteiger partial charge in [0.05, 0.1) is 29.1 Å². The molecule has 2 heterocycles. The summed E-state index contributed by atoms with van der Waals surface area (Å²) in [6.07, 6.45) is 0. The van der Waals surface area contributed by atoms with Gasteiger partial charge in [-0.25, -0.2) is 19.6 Å². The number of methoxy groups -OCH3 is 1. The van der Waals surface area contributed by atoms with E-state index in [4.69, 9.17) is 10.00 Å². The molecule has 2 aromatic heterocycles. The van der Waals surface area contributed by atoms with Crippen LogP contribution >= 0.6 is 22.7 Å². The first-order chi connectivity index (χ1) is 21.4. The van der Waals surface area contributed by atoms with Crippen molar-refractivity contribution in [1.82, 2.24) is 9.97 Å². The maximum atomic E-state index is 12.1. The molecule has 15 heteroatoms. The van der Waals surface area contributed by atoms with E-state index in [2.05, 4.69) is 42.5 Å². The number of fused-ring (bicyclic) bond motifs is 2. The van der Waals surface area contributed by atoms with Crippen molar-refractivity contribution < 1.29 is 45.4 Å². The molecule has 4 aromatic carbocycles. The molecule has 4 N–H and O–H groups in total. The molecule has 0 aliphatic carbocycles. The number of benzene rings is 4. The summed E-state index contributed by atoms with van der Waals surface area (Å²) in [6.45, 7) is 0. The minimum atomic E-state index is -0.501. The van der Waals surface area contributed by atoms with Crippen LogP contribution in [0.4, 0.5) is 36.9 Å². The Morgan fingerprint density at radius 2 is 1.52 bits per heavy atom. The number of urea groups is 2. The summed E-state index contributed by atoms with van der Waals surface area (Å²) >= 11 is 2.71. The second-order valence-corrected chi connectivity index (χ2v) is 10.7. The van der Waals surface area contributed by atoms with Gasteiger partial charge < -0.3 is 22.8 Å². The van der Waals surface area contributed by atoms with Crippen LogP contribution in [0.2, 0.25) is 0 Å². The van der Waals surface area contributed by atoms with Crippen molar-refractivity contribution in [3.8, 4) is 11.8 Å². The van der Waals surface area contributed by atoms with Gasteiger partial charge in [-0.2, -0.15) is 40.9 Å². The molecule has 0 aliphatic rings. The normalized spacial score (nSPS) is 9.74. The number of nitriles is 1. The van der Waals surface area contributed by atoms with E-state index in [9.17, 15) is 14.5 Å². The van der Waals surface area contributed by atoms with E-state index in [1.165, 1.54) is 28.7 Å². The molecule has 0 unspecified atom stereocenters. The van der Waals surface area contributed by atoms with Crippen LogP contribution in [0.25, 0.3) is 20.4 Å². The second kappa shape index (κ2) is 17.0. The smallest absolute Gasteiger partial charge is 0.494 e. The van der Waals surface area contributed by atoms with Gasteiger partial charge in [-0.1, -0.05) is 34.2 Å². The third kappa shape index (κ3) is 9.09. The third-order valence-corrected chi connectivity index (χ3v) is 7.65. The number of nitrogens with zero attached hydrogens (tertiary/aromatic N) is 4. The van der Waals surface area contributed by atoms with Gasteiger partial charge in [0.1, 0.15) is 17.0 Å². The molecular weight excluding hydrogens is 851 g/mol.